The first-order valence-electron chi connectivity index (χ1n) is 11.4. The van der Waals surface area contributed by atoms with Crippen molar-refractivity contribution in [2.24, 2.45) is 14.1 Å². The summed E-state index contributed by atoms with van der Waals surface area (Å²) in [7, 11) is 3.22. The first-order chi connectivity index (χ1) is 16.3. The fraction of sp³-hybridized carbons (Fsp3) is 0.417. The minimum atomic E-state index is -1.30. The van der Waals surface area contributed by atoms with Crippen LogP contribution in [0.25, 0.3) is 16.7 Å². The fourth-order valence-electron chi connectivity index (χ4n) is 4.95. The molecule has 0 bridgehead atoms. The number of aromatic nitrogens is 4. The highest BCUT2D eigenvalue weighted by atomic mass is 19.1. The normalized spacial score (nSPS) is 23.2. The van der Waals surface area contributed by atoms with E-state index in [2.05, 4.69) is 15.6 Å². The van der Waals surface area contributed by atoms with Gasteiger partial charge >= 0.3 is 5.69 Å². The molecule has 1 aliphatic rings. The van der Waals surface area contributed by atoms with Crippen molar-refractivity contribution in [3.63, 3.8) is 0 Å². The Kier molecular flexibility index (Phi) is 5.97. The van der Waals surface area contributed by atoms with Crippen LogP contribution in [-0.4, -0.2) is 48.0 Å². The molecule has 0 aliphatic heterocycles. The summed E-state index contributed by atoms with van der Waals surface area (Å²) in [6, 6.07) is 5.83. The number of rotatable bonds is 6. The second-order valence-corrected chi connectivity index (χ2v) is 9.06. The van der Waals surface area contributed by atoms with E-state index in [0.29, 0.717) is 29.6 Å². The molecule has 1 aliphatic carbocycles. The molecule has 180 valence electrons. The smallest absolute Gasteiger partial charge is 0.328 e. The van der Waals surface area contributed by atoms with Crippen molar-refractivity contribution in [1.29, 1.82) is 0 Å². The highest BCUT2D eigenvalue weighted by Gasteiger charge is 2.37. The quantitative estimate of drug-likeness (QED) is 0.400. The molecule has 4 atom stereocenters. The van der Waals surface area contributed by atoms with Gasteiger partial charge in [0.15, 0.2) is 0 Å². The molecule has 5 rings (SSSR count). The third-order valence-corrected chi connectivity index (χ3v) is 6.89. The zero-order chi connectivity index (χ0) is 24.0. The predicted molar refractivity (Wildman–Crippen MR) is 125 cm³/mol. The molecule has 0 spiro atoms. The molecule has 1 fully saturated rings. The highest BCUT2D eigenvalue weighted by Crippen LogP contribution is 2.25. The number of nitrogens with one attached hydrogen (secondary N) is 2. The summed E-state index contributed by atoms with van der Waals surface area (Å²) >= 11 is 0. The third-order valence-electron chi connectivity index (χ3n) is 6.89. The fourth-order valence-corrected chi connectivity index (χ4v) is 4.95. The van der Waals surface area contributed by atoms with Crippen LogP contribution in [0.3, 0.4) is 0 Å². The van der Waals surface area contributed by atoms with Crippen molar-refractivity contribution in [1.82, 2.24) is 29.2 Å². The first-order valence-corrected chi connectivity index (χ1v) is 11.4. The second kappa shape index (κ2) is 8.94. The van der Waals surface area contributed by atoms with Gasteiger partial charge in [-0.15, -0.1) is 0 Å². The van der Waals surface area contributed by atoms with Crippen LogP contribution in [0.4, 0.5) is 8.78 Å². The molecule has 0 amide bonds. The molecular formula is C24H28F2N6O2. The lowest BCUT2D eigenvalue weighted by Gasteiger charge is -2.37. The molecule has 0 radical (unpaired) electrons. The maximum atomic E-state index is 15.0. The van der Waals surface area contributed by atoms with Gasteiger partial charge in [0.2, 0.25) is 0 Å². The van der Waals surface area contributed by atoms with E-state index < -0.39 is 24.1 Å². The molecule has 8 nitrogen and oxygen atoms in total. The molecular weight excluding hydrogens is 442 g/mol. The number of fused-ring (bicyclic) bond motifs is 2. The average molecular weight is 471 g/mol. The number of aryl methyl sites for hydroxylation is 2. The van der Waals surface area contributed by atoms with Gasteiger partial charge in [-0.2, -0.15) is 0 Å². The van der Waals surface area contributed by atoms with Crippen molar-refractivity contribution in [3.05, 3.63) is 70.3 Å². The monoisotopic (exact) mass is 470 g/mol. The van der Waals surface area contributed by atoms with Crippen LogP contribution < -0.4 is 16.3 Å². The number of pyridine rings is 1. The minimum Gasteiger partial charge on any atom is -0.391 e. The molecule has 1 saturated carbocycles. The Morgan fingerprint density at radius 3 is 2.59 bits per heavy atom. The Morgan fingerprint density at radius 1 is 1.09 bits per heavy atom. The van der Waals surface area contributed by atoms with Crippen LogP contribution in [0, 0.1) is 5.82 Å². The summed E-state index contributed by atoms with van der Waals surface area (Å²) in [4.78, 5) is 16.5. The molecule has 4 aromatic rings. The average Bonchev–Trinajstić information content (AvgIpc) is 3.37. The maximum Gasteiger partial charge on any atom is 0.328 e. The topological polar surface area (TPSA) is 88.5 Å². The summed E-state index contributed by atoms with van der Waals surface area (Å²) in [5.74, 6) is -0.477. The number of halogens is 2. The molecule has 3 heterocycles. The number of benzene rings is 1. The van der Waals surface area contributed by atoms with Crippen LogP contribution >= 0.6 is 0 Å². The largest absolute Gasteiger partial charge is 0.391 e. The van der Waals surface area contributed by atoms with E-state index in [4.69, 9.17) is 0 Å². The number of hydrogen-bond donors (Lipinski definition) is 3. The van der Waals surface area contributed by atoms with Gasteiger partial charge < -0.3 is 20.1 Å². The Bertz CT molecular complexity index is 1380. The van der Waals surface area contributed by atoms with E-state index in [1.165, 1.54) is 15.2 Å². The van der Waals surface area contributed by atoms with E-state index in [9.17, 15) is 14.3 Å². The number of nitrogens with zero attached hydrogens (tertiary/aromatic N) is 4. The summed E-state index contributed by atoms with van der Waals surface area (Å²) in [6.07, 6.45) is 3.92. The van der Waals surface area contributed by atoms with Gasteiger partial charge in [-0.25, -0.2) is 18.6 Å². The lowest BCUT2D eigenvalue weighted by Crippen LogP contribution is -2.55. The molecule has 3 aromatic heterocycles. The summed E-state index contributed by atoms with van der Waals surface area (Å²) < 4.78 is 34.5. The van der Waals surface area contributed by atoms with Gasteiger partial charge in [0.1, 0.15) is 17.6 Å². The summed E-state index contributed by atoms with van der Waals surface area (Å²) in [5.41, 5.74) is 3.02. The Labute approximate surface area is 194 Å². The summed E-state index contributed by atoms with van der Waals surface area (Å²) in [6.45, 7) is 0.567. The molecule has 0 unspecified atom stereocenters. The van der Waals surface area contributed by atoms with Crippen LogP contribution in [0.2, 0.25) is 0 Å². The van der Waals surface area contributed by atoms with Crippen molar-refractivity contribution in [2.45, 2.75) is 50.3 Å². The van der Waals surface area contributed by atoms with Crippen LogP contribution in [-0.2, 0) is 27.2 Å². The van der Waals surface area contributed by atoms with E-state index in [1.54, 1.807) is 26.4 Å². The Balaban J connectivity index is 1.23. The van der Waals surface area contributed by atoms with E-state index in [1.807, 2.05) is 28.9 Å². The van der Waals surface area contributed by atoms with Crippen LogP contribution in [0.15, 0.2) is 47.7 Å². The molecule has 1 aromatic carbocycles. The minimum absolute atomic E-state index is 0.0486. The lowest BCUT2D eigenvalue weighted by molar-refractivity contribution is 0.0250. The van der Waals surface area contributed by atoms with E-state index >= 15 is 4.39 Å². The Morgan fingerprint density at radius 2 is 1.82 bits per heavy atom. The van der Waals surface area contributed by atoms with Crippen molar-refractivity contribution < 1.29 is 13.9 Å². The van der Waals surface area contributed by atoms with Gasteiger partial charge in [0.05, 0.1) is 23.2 Å². The highest BCUT2D eigenvalue weighted by molar-refractivity contribution is 5.77. The number of hydrogen-bond acceptors (Lipinski definition) is 5. The molecule has 34 heavy (non-hydrogen) atoms. The zero-order valence-electron chi connectivity index (χ0n) is 19.1. The SMILES string of the molecule is Cn1c(=O)n(C)c2cc(CN[C@@H]3[C@H](O)C[C@@H](NCc4cccn5ccnc45)C[C@@H]3F)c(F)cc21. The van der Waals surface area contributed by atoms with Gasteiger partial charge in [0, 0.05) is 69.0 Å². The summed E-state index contributed by atoms with van der Waals surface area (Å²) in [5, 5.41) is 17.0. The third kappa shape index (κ3) is 4.02. The maximum absolute atomic E-state index is 15.0. The van der Waals surface area contributed by atoms with Crippen molar-refractivity contribution in [3.8, 4) is 0 Å². The number of alkyl halides is 1. The predicted octanol–water partition coefficient (Wildman–Crippen LogP) is 1.77. The number of imidazole rings is 2. The van der Waals surface area contributed by atoms with Gasteiger partial charge in [-0.05, 0) is 25.0 Å². The molecule has 3 N–H and O–H groups in total. The van der Waals surface area contributed by atoms with E-state index in [0.717, 1.165) is 11.2 Å². The second-order valence-electron chi connectivity index (χ2n) is 9.06. The van der Waals surface area contributed by atoms with Gasteiger partial charge in [0.25, 0.3) is 0 Å². The van der Waals surface area contributed by atoms with Gasteiger partial charge in [-0.1, -0.05) is 6.07 Å². The van der Waals surface area contributed by atoms with Crippen molar-refractivity contribution in [2.75, 3.05) is 0 Å². The lowest BCUT2D eigenvalue weighted by atomic mass is 9.86. The van der Waals surface area contributed by atoms with E-state index in [-0.39, 0.29) is 24.7 Å². The van der Waals surface area contributed by atoms with Crippen LogP contribution in [0.1, 0.15) is 24.0 Å². The molecule has 10 heteroatoms. The zero-order valence-corrected chi connectivity index (χ0v) is 19.1. The molecule has 0 saturated heterocycles. The number of aliphatic hydroxyl groups is 1. The standard InChI is InChI=1S/C24H28F2N6O2/c1-30-19-8-15(17(25)11-20(19)31(2)24(30)34)13-29-22-18(26)9-16(10-21(22)33)28-12-14-4-3-6-32-7-5-27-23(14)32/h3-8,11,16,18,21-22,28-29,33H,9-10,12-13H2,1-2H3/t16-,18-,21+,22-/m0/s1. The number of aliphatic hydroxyl groups excluding tert-OH is 1. The first kappa shape index (κ1) is 22.7. The van der Waals surface area contributed by atoms with Crippen molar-refractivity contribution >= 4 is 16.7 Å². The van der Waals surface area contributed by atoms with Gasteiger partial charge in [-0.3, -0.25) is 9.13 Å². The van der Waals surface area contributed by atoms with Crippen LogP contribution in [0.5, 0.6) is 0 Å². The Hall–Kier alpha value is -3.08.